The van der Waals surface area contributed by atoms with Gasteiger partial charge in [0.25, 0.3) is 0 Å². The van der Waals surface area contributed by atoms with Crippen LogP contribution in [0.25, 0.3) is 0 Å². The number of benzene rings is 1. The monoisotopic (exact) mass is 291 g/mol. The van der Waals surface area contributed by atoms with E-state index in [0.29, 0.717) is 0 Å². The van der Waals surface area contributed by atoms with Crippen molar-refractivity contribution in [2.75, 3.05) is 5.32 Å². The molecule has 2 nitrogen and oxygen atoms in total. The van der Waals surface area contributed by atoms with Crippen molar-refractivity contribution in [1.82, 2.24) is 0 Å². The van der Waals surface area contributed by atoms with Gasteiger partial charge in [-0.05, 0) is 43.4 Å². The van der Waals surface area contributed by atoms with E-state index in [-0.39, 0.29) is 11.3 Å². The first kappa shape index (κ1) is 13.9. The lowest BCUT2D eigenvalue weighted by atomic mass is 9.84. The van der Waals surface area contributed by atoms with Crippen LogP contribution in [0.4, 0.5) is 5.69 Å². The average Bonchev–Trinajstić information content (AvgIpc) is 2.98. The summed E-state index contributed by atoms with van der Waals surface area (Å²) in [7, 11) is 0. The SMILES string of the molecule is CC1(C)C(=O)Nc2ccc(C(Cl)CC3CCCC3)cc21. The van der Waals surface area contributed by atoms with Gasteiger partial charge in [-0.1, -0.05) is 37.8 Å². The van der Waals surface area contributed by atoms with Crippen molar-refractivity contribution in [3.63, 3.8) is 0 Å². The van der Waals surface area contributed by atoms with Crippen LogP contribution in [0.15, 0.2) is 18.2 Å². The topological polar surface area (TPSA) is 29.1 Å². The van der Waals surface area contributed by atoms with Crippen molar-refractivity contribution < 1.29 is 4.79 Å². The molecule has 0 bridgehead atoms. The number of carbonyl (C=O) groups excluding carboxylic acids is 1. The Labute approximate surface area is 125 Å². The molecule has 1 heterocycles. The van der Waals surface area contributed by atoms with E-state index in [4.69, 9.17) is 11.6 Å². The van der Waals surface area contributed by atoms with Crippen molar-refractivity contribution in [3.05, 3.63) is 29.3 Å². The van der Waals surface area contributed by atoms with E-state index in [1.807, 2.05) is 19.9 Å². The fourth-order valence-electron chi connectivity index (χ4n) is 3.46. The molecule has 2 aliphatic rings. The van der Waals surface area contributed by atoms with Crippen molar-refractivity contribution in [3.8, 4) is 0 Å². The number of alkyl halides is 1. The number of halogens is 1. The van der Waals surface area contributed by atoms with E-state index in [2.05, 4.69) is 17.4 Å². The van der Waals surface area contributed by atoms with Crippen LogP contribution in [-0.2, 0) is 10.2 Å². The summed E-state index contributed by atoms with van der Waals surface area (Å²) in [6.45, 7) is 3.94. The summed E-state index contributed by atoms with van der Waals surface area (Å²) in [6.07, 6.45) is 6.40. The van der Waals surface area contributed by atoms with Crippen LogP contribution in [0.5, 0.6) is 0 Å². The zero-order chi connectivity index (χ0) is 14.3. The van der Waals surface area contributed by atoms with Crippen LogP contribution < -0.4 is 5.32 Å². The zero-order valence-corrected chi connectivity index (χ0v) is 13.0. The molecule has 0 saturated heterocycles. The van der Waals surface area contributed by atoms with Gasteiger partial charge in [0.05, 0.1) is 10.8 Å². The van der Waals surface area contributed by atoms with E-state index < -0.39 is 5.41 Å². The van der Waals surface area contributed by atoms with Crippen molar-refractivity contribution in [2.45, 2.75) is 56.7 Å². The molecule has 1 N–H and O–H groups in total. The van der Waals surface area contributed by atoms with Crippen molar-refractivity contribution in [2.24, 2.45) is 5.92 Å². The molecule has 1 aromatic rings. The molecular formula is C17H22ClNO. The summed E-state index contributed by atoms with van der Waals surface area (Å²) in [5, 5.41) is 3.01. The largest absolute Gasteiger partial charge is 0.325 e. The predicted molar refractivity (Wildman–Crippen MR) is 83.3 cm³/mol. The molecule has 1 saturated carbocycles. The van der Waals surface area contributed by atoms with Gasteiger partial charge in [0.1, 0.15) is 0 Å². The molecule has 1 amide bonds. The number of carbonyl (C=O) groups is 1. The third-order valence-electron chi connectivity index (χ3n) is 4.91. The first-order chi connectivity index (χ1) is 9.48. The Bertz CT molecular complexity index is 532. The Morgan fingerprint density at radius 1 is 1.35 bits per heavy atom. The summed E-state index contributed by atoms with van der Waals surface area (Å²) in [4.78, 5) is 12.0. The predicted octanol–water partition coefficient (Wildman–Crippen LogP) is 4.78. The number of amides is 1. The molecule has 1 aliphatic carbocycles. The fraction of sp³-hybridized carbons (Fsp3) is 0.588. The van der Waals surface area contributed by atoms with Crippen molar-refractivity contribution in [1.29, 1.82) is 0 Å². The minimum atomic E-state index is -0.449. The van der Waals surface area contributed by atoms with Gasteiger partial charge in [-0.3, -0.25) is 4.79 Å². The zero-order valence-electron chi connectivity index (χ0n) is 12.2. The van der Waals surface area contributed by atoms with Crippen LogP contribution in [0, 0.1) is 5.92 Å². The molecule has 1 atom stereocenters. The molecule has 108 valence electrons. The number of hydrogen-bond donors (Lipinski definition) is 1. The Morgan fingerprint density at radius 3 is 2.75 bits per heavy atom. The van der Waals surface area contributed by atoms with Crippen LogP contribution in [0.1, 0.15) is 62.5 Å². The average molecular weight is 292 g/mol. The second-order valence-electron chi connectivity index (χ2n) is 6.74. The van der Waals surface area contributed by atoms with Gasteiger partial charge < -0.3 is 5.32 Å². The first-order valence-corrected chi connectivity index (χ1v) is 8.02. The van der Waals surface area contributed by atoms with Crippen LogP contribution >= 0.6 is 11.6 Å². The summed E-state index contributed by atoms with van der Waals surface area (Å²) < 4.78 is 0. The van der Waals surface area contributed by atoms with Gasteiger partial charge in [0.2, 0.25) is 5.91 Å². The molecule has 0 radical (unpaired) electrons. The first-order valence-electron chi connectivity index (χ1n) is 7.58. The molecule has 1 unspecified atom stereocenters. The summed E-state index contributed by atoms with van der Waals surface area (Å²) >= 11 is 6.61. The maximum Gasteiger partial charge on any atom is 0.234 e. The quantitative estimate of drug-likeness (QED) is 0.798. The molecule has 1 aliphatic heterocycles. The molecule has 1 aromatic carbocycles. The Morgan fingerprint density at radius 2 is 2.05 bits per heavy atom. The van der Waals surface area contributed by atoms with Gasteiger partial charge in [-0.25, -0.2) is 0 Å². The van der Waals surface area contributed by atoms with Gasteiger partial charge >= 0.3 is 0 Å². The second-order valence-corrected chi connectivity index (χ2v) is 7.26. The third-order valence-corrected chi connectivity index (χ3v) is 5.34. The normalized spacial score (nSPS) is 22.6. The molecule has 3 heteroatoms. The maximum atomic E-state index is 12.0. The van der Waals surface area contributed by atoms with E-state index in [1.54, 1.807) is 0 Å². The van der Waals surface area contributed by atoms with Gasteiger partial charge in [0.15, 0.2) is 0 Å². The van der Waals surface area contributed by atoms with Gasteiger partial charge in [-0.2, -0.15) is 0 Å². The smallest absolute Gasteiger partial charge is 0.234 e. The Balaban J connectivity index is 1.82. The third kappa shape index (κ3) is 2.35. The maximum absolute atomic E-state index is 12.0. The Kier molecular flexibility index (Phi) is 3.53. The molecule has 20 heavy (non-hydrogen) atoms. The lowest BCUT2D eigenvalue weighted by Gasteiger charge is -2.19. The summed E-state index contributed by atoms with van der Waals surface area (Å²) in [5.41, 5.74) is 2.72. The highest BCUT2D eigenvalue weighted by molar-refractivity contribution is 6.20. The Hall–Kier alpha value is -1.02. The lowest BCUT2D eigenvalue weighted by molar-refractivity contribution is -0.119. The summed E-state index contributed by atoms with van der Waals surface area (Å²) in [6, 6.07) is 6.19. The minimum absolute atomic E-state index is 0.0647. The van der Waals surface area contributed by atoms with Crippen LogP contribution in [-0.4, -0.2) is 5.91 Å². The van der Waals surface area contributed by atoms with E-state index in [1.165, 1.54) is 25.7 Å². The number of hydrogen-bond acceptors (Lipinski definition) is 1. The number of nitrogens with one attached hydrogen (secondary N) is 1. The molecule has 1 fully saturated rings. The van der Waals surface area contributed by atoms with E-state index in [9.17, 15) is 4.79 Å². The van der Waals surface area contributed by atoms with Crippen molar-refractivity contribution >= 4 is 23.2 Å². The van der Waals surface area contributed by atoms with Crippen LogP contribution in [0.2, 0.25) is 0 Å². The number of rotatable bonds is 3. The highest BCUT2D eigenvalue weighted by atomic mass is 35.5. The number of fused-ring (bicyclic) bond motifs is 1. The molecule has 0 spiro atoms. The lowest BCUT2D eigenvalue weighted by Crippen LogP contribution is -2.26. The molecule has 3 rings (SSSR count). The standard InChI is InChI=1S/C17H22ClNO/c1-17(2)13-10-12(7-8-15(13)19-16(17)20)14(18)9-11-5-3-4-6-11/h7-8,10-11,14H,3-6,9H2,1-2H3,(H,19,20). The highest BCUT2D eigenvalue weighted by Gasteiger charge is 2.38. The fourth-order valence-corrected chi connectivity index (χ4v) is 3.85. The molecular weight excluding hydrogens is 270 g/mol. The van der Waals surface area contributed by atoms with Gasteiger partial charge in [-0.15, -0.1) is 11.6 Å². The highest BCUT2D eigenvalue weighted by Crippen LogP contribution is 2.41. The molecule has 0 aromatic heterocycles. The van der Waals surface area contributed by atoms with E-state index >= 15 is 0 Å². The summed E-state index contributed by atoms with van der Waals surface area (Å²) in [5.74, 6) is 0.852. The number of anilines is 1. The minimum Gasteiger partial charge on any atom is -0.325 e. The van der Waals surface area contributed by atoms with Gasteiger partial charge in [0, 0.05) is 5.69 Å². The van der Waals surface area contributed by atoms with E-state index in [0.717, 1.165) is 29.2 Å². The van der Waals surface area contributed by atoms with Crippen LogP contribution in [0.3, 0.4) is 0 Å². The second kappa shape index (κ2) is 5.07.